The average Bonchev–Trinajstić information content (AvgIpc) is 2.64. The number of guanidine groups is 1. The first-order valence-corrected chi connectivity index (χ1v) is 10.0. The summed E-state index contributed by atoms with van der Waals surface area (Å²) >= 11 is 0. The molecular formula is C16H21F5N4O3S. The number of rotatable bonds is 6. The molecular weight excluding hydrogens is 423 g/mol. The van der Waals surface area contributed by atoms with Crippen LogP contribution in [0.2, 0.25) is 0 Å². The second kappa shape index (κ2) is 9.57. The number of benzene rings is 1. The fourth-order valence-corrected chi connectivity index (χ4v) is 3.78. The summed E-state index contributed by atoms with van der Waals surface area (Å²) in [5.74, 6) is 0.364. The molecule has 164 valence electrons. The van der Waals surface area contributed by atoms with Crippen molar-refractivity contribution in [3.8, 4) is 5.75 Å². The Morgan fingerprint density at radius 3 is 2.52 bits per heavy atom. The van der Waals surface area contributed by atoms with Crippen LogP contribution in [0, 0.1) is 0 Å². The Kier molecular flexibility index (Phi) is 7.63. The van der Waals surface area contributed by atoms with E-state index in [0.717, 1.165) is 0 Å². The smallest absolute Gasteiger partial charge is 0.435 e. The number of hydrogen-bond donors (Lipinski definition) is 2. The lowest BCUT2D eigenvalue weighted by Gasteiger charge is -2.32. The van der Waals surface area contributed by atoms with Gasteiger partial charge in [0.1, 0.15) is 5.75 Å². The Balaban J connectivity index is 1.86. The van der Waals surface area contributed by atoms with Gasteiger partial charge in [-0.25, -0.2) is 8.42 Å². The number of alkyl halides is 5. The number of nitrogens with one attached hydrogen (secondary N) is 2. The van der Waals surface area contributed by atoms with Gasteiger partial charge in [0, 0.05) is 32.7 Å². The maximum absolute atomic E-state index is 12.6. The fraction of sp³-hybridized carbons (Fsp3) is 0.562. The molecule has 0 spiro atoms. The van der Waals surface area contributed by atoms with Crippen molar-refractivity contribution in [3.63, 3.8) is 0 Å². The highest BCUT2D eigenvalue weighted by Crippen LogP contribution is 2.28. The van der Waals surface area contributed by atoms with E-state index < -0.39 is 22.1 Å². The van der Waals surface area contributed by atoms with E-state index >= 15 is 0 Å². The molecule has 1 aromatic carbocycles. The van der Waals surface area contributed by atoms with E-state index in [4.69, 9.17) is 0 Å². The van der Waals surface area contributed by atoms with Gasteiger partial charge in [-0.3, -0.25) is 4.99 Å². The summed E-state index contributed by atoms with van der Waals surface area (Å²) in [4.78, 5) is 4.01. The summed E-state index contributed by atoms with van der Waals surface area (Å²) in [6.07, 6.45) is 0.349. The van der Waals surface area contributed by atoms with Crippen molar-refractivity contribution in [1.29, 1.82) is 0 Å². The molecule has 1 fully saturated rings. The van der Waals surface area contributed by atoms with E-state index in [9.17, 15) is 30.4 Å². The van der Waals surface area contributed by atoms with Gasteiger partial charge in [-0.2, -0.15) is 26.3 Å². The van der Waals surface area contributed by atoms with E-state index in [1.165, 1.54) is 19.2 Å². The largest absolute Gasteiger partial charge is 0.511 e. The van der Waals surface area contributed by atoms with Gasteiger partial charge in [0.2, 0.25) is 0 Å². The molecule has 1 heterocycles. The third-order valence-electron chi connectivity index (χ3n) is 4.23. The predicted octanol–water partition coefficient (Wildman–Crippen LogP) is 2.27. The molecule has 1 aliphatic rings. The summed E-state index contributed by atoms with van der Waals surface area (Å²) < 4.78 is 90.0. The minimum absolute atomic E-state index is 0.0143. The van der Waals surface area contributed by atoms with Crippen LogP contribution in [0.5, 0.6) is 5.75 Å². The van der Waals surface area contributed by atoms with Crippen molar-refractivity contribution in [3.05, 3.63) is 29.8 Å². The van der Waals surface area contributed by atoms with Crippen LogP contribution in [0.4, 0.5) is 22.0 Å². The lowest BCUT2D eigenvalue weighted by Crippen LogP contribution is -2.51. The lowest BCUT2D eigenvalue weighted by molar-refractivity contribution is -0.0503. The van der Waals surface area contributed by atoms with E-state index in [2.05, 4.69) is 20.4 Å². The van der Waals surface area contributed by atoms with Crippen molar-refractivity contribution in [2.75, 3.05) is 20.1 Å². The topological polar surface area (TPSA) is 83.0 Å². The van der Waals surface area contributed by atoms with Crippen LogP contribution in [0.1, 0.15) is 18.4 Å². The van der Waals surface area contributed by atoms with E-state index in [1.807, 2.05) is 0 Å². The van der Waals surface area contributed by atoms with Crippen LogP contribution in [0.15, 0.2) is 29.3 Å². The minimum Gasteiger partial charge on any atom is -0.435 e. The van der Waals surface area contributed by atoms with Crippen molar-refractivity contribution >= 4 is 16.0 Å². The number of ether oxygens (including phenoxy) is 1. The monoisotopic (exact) mass is 444 g/mol. The van der Waals surface area contributed by atoms with Crippen LogP contribution in [0.3, 0.4) is 0 Å². The molecule has 0 amide bonds. The second-order valence-electron chi connectivity index (χ2n) is 6.22. The maximum atomic E-state index is 12.6. The van der Waals surface area contributed by atoms with Crippen molar-refractivity contribution in [1.82, 2.24) is 14.9 Å². The number of piperidine rings is 1. The van der Waals surface area contributed by atoms with Gasteiger partial charge < -0.3 is 15.4 Å². The minimum atomic E-state index is -5.32. The van der Waals surface area contributed by atoms with E-state index in [-0.39, 0.29) is 44.3 Å². The van der Waals surface area contributed by atoms with Crippen LogP contribution in [-0.2, 0) is 16.6 Å². The first-order chi connectivity index (χ1) is 13.5. The van der Waals surface area contributed by atoms with E-state index in [1.54, 1.807) is 12.1 Å². The van der Waals surface area contributed by atoms with Gasteiger partial charge >= 0.3 is 22.1 Å². The van der Waals surface area contributed by atoms with Gasteiger partial charge in [-0.05, 0) is 30.5 Å². The lowest BCUT2D eigenvalue weighted by atomic mass is 10.1. The predicted molar refractivity (Wildman–Crippen MR) is 96.0 cm³/mol. The summed E-state index contributed by atoms with van der Waals surface area (Å²) in [5, 5.41) is 5.98. The number of halogens is 5. The molecule has 2 N–H and O–H groups in total. The molecule has 1 aliphatic heterocycles. The van der Waals surface area contributed by atoms with Crippen molar-refractivity contribution < 1.29 is 35.1 Å². The highest BCUT2D eigenvalue weighted by atomic mass is 32.2. The quantitative estimate of drug-likeness (QED) is 0.400. The Morgan fingerprint density at radius 2 is 1.97 bits per heavy atom. The van der Waals surface area contributed by atoms with Gasteiger partial charge in [0.15, 0.2) is 5.96 Å². The highest BCUT2D eigenvalue weighted by molar-refractivity contribution is 7.90. The molecule has 0 unspecified atom stereocenters. The molecule has 29 heavy (non-hydrogen) atoms. The highest BCUT2D eigenvalue weighted by Gasteiger charge is 2.50. The molecule has 0 aromatic heterocycles. The third kappa shape index (κ3) is 6.42. The molecule has 0 saturated carbocycles. The first-order valence-electron chi connectivity index (χ1n) is 8.60. The zero-order chi connectivity index (χ0) is 21.7. The Morgan fingerprint density at radius 1 is 1.31 bits per heavy atom. The van der Waals surface area contributed by atoms with Crippen LogP contribution < -0.4 is 15.4 Å². The maximum Gasteiger partial charge on any atom is 0.511 e. The molecule has 13 heteroatoms. The molecule has 1 saturated heterocycles. The molecule has 0 aliphatic carbocycles. The van der Waals surface area contributed by atoms with E-state index in [0.29, 0.717) is 15.8 Å². The number of hydrogen-bond acceptors (Lipinski definition) is 4. The SMILES string of the molecule is CN=C(NCc1cccc(OC(F)F)c1)NC1CCN(S(=O)(=O)C(F)(F)F)CC1. The van der Waals surface area contributed by atoms with Gasteiger partial charge in [0.05, 0.1) is 0 Å². The van der Waals surface area contributed by atoms with Crippen LogP contribution in [0.25, 0.3) is 0 Å². The standard InChI is InChI=1S/C16H21F5N4O3S/c1-22-15(23-10-11-3-2-4-13(9-11)28-14(17)18)24-12-5-7-25(8-6-12)29(26,27)16(19,20)21/h2-4,9,12,14H,5-8,10H2,1H3,(H2,22,23,24). The summed E-state index contributed by atoms with van der Waals surface area (Å²) in [6.45, 7) is -3.21. The Bertz CT molecular complexity index is 809. The molecule has 7 nitrogen and oxygen atoms in total. The van der Waals surface area contributed by atoms with Gasteiger partial charge in [-0.1, -0.05) is 12.1 Å². The Hall–Kier alpha value is -2.15. The molecule has 0 atom stereocenters. The third-order valence-corrected chi connectivity index (χ3v) is 5.86. The number of nitrogens with zero attached hydrogens (tertiary/aromatic N) is 2. The van der Waals surface area contributed by atoms with Crippen LogP contribution in [-0.4, -0.2) is 57.0 Å². The summed E-state index contributed by atoms with van der Waals surface area (Å²) in [6, 6.07) is 5.81. The van der Waals surface area contributed by atoms with Crippen molar-refractivity contribution in [2.24, 2.45) is 4.99 Å². The first kappa shape index (κ1) is 23.1. The normalized spacial score (nSPS) is 17.4. The molecule has 1 aromatic rings. The molecule has 0 bridgehead atoms. The molecule has 0 radical (unpaired) electrons. The molecule has 2 rings (SSSR count). The summed E-state index contributed by atoms with van der Waals surface area (Å²) in [7, 11) is -3.83. The Labute approximate surface area is 165 Å². The van der Waals surface area contributed by atoms with Crippen molar-refractivity contribution in [2.45, 2.75) is 37.5 Å². The fourth-order valence-electron chi connectivity index (χ4n) is 2.79. The number of sulfonamides is 1. The average molecular weight is 444 g/mol. The van der Waals surface area contributed by atoms with Gasteiger partial charge in [0.25, 0.3) is 0 Å². The number of aliphatic imine (C=N–C) groups is 1. The van der Waals surface area contributed by atoms with Crippen LogP contribution >= 0.6 is 0 Å². The summed E-state index contributed by atoms with van der Waals surface area (Å²) in [5.41, 5.74) is -4.66. The zero-order valence-electron chi connectivity index (χ0n) is 15.4. The second-order valence-corrected chi connectivity index (χ2v) is 8.15. The van der Waals surface area contributed by atoms with Gasteiger partial charge in [-0.15, -0.1) is 0 Å². The zero-order valence-corrected chi connectivity index (χ0v) is 16.2.